The first-order valence-electron chi connectivity index (χ1n) is 4.73. The van der Waals surface area contributed by atoms with Gasteiger partial charge in [0.1, 0.15) is 11.9 Å². The Hall–Kier alpha value is -2.02. The Morgan fingerprint density at radius 1 is 1.73 bits per heavy atom. The Morgan fingerprint density at radius 3 is 3.07 bits per heavy atom. The van der Waals surface area contributed by atoms with Gasteiger partial charge in [0.05, 0.1) is 0 Å². The van der Waals surface area contributed by atoms with Crippen molar-refractivity contribution >= 4 is 11.8 Å². The summed E-state index contributed by atoms with van der Waals surface area (Å²) in [4.78, 5) is 8.17. The Kier molecular flexibility index (Phi) is 4.17. The Bertz CT molecular complexity index is 364. The van der Waals surface area contributed by atoms with Crippen LogP contribution >= 0.6 is 0 Å². The zero-order valence-corrected chi connectivity index (χ0v) is 8.64. The first-order valence-corrected chi connectivity index (χ1v) is 4.73. The van der Waals surface area contributed by atoms with Crippen LogP contribution in [0.5, 0.6) is 0 Å². The van der Waals surface area contributed by atoms with Gasteiger partial charge in [-0.3, -0.25) is 0 Å². The number of pyridine rings is 1. The lowest BCUT2D eigenvalue weighted by Gasteiger charge is -2.06. The van der Waals surface area contributed by atoms with E-state index in [1.807, 2.05) is 19.1 Å². The Balaban J connectivity index is 2.63. The van der Waals surface area contributed by atoms with Crippen molar-refractivity contribution in [1.82, 2.24) is 4.98 Å². The average Bonchev–Trinajstić information content (AvgIpc) is 2.27. The fraction of sp³-hybridized carbons (Fsp3) is 0.273. The SMILES string of the molecule is C#CC(CC)N=C(N)Nc1ccccn1. The lowest BCUT2D eigenvalue weighted by atomic mass is 10.2. The second-order valence-corrected chi connectivity index (χ2v) is 2.95. The summed E-state index contributed by atoms with van der Waals surface area (Å²) in [6.45, 7) is 1.96. The van der Waals surface area contributed by atoms with Crippen LogP contribution in [-0.4, -0.2) is 17.0 Å². The number of hydrogen-bond acceptors (Lipinski definition) is 2. The van der Waals surface area contributed by atoms with Gasteiger partial charge in [0.25, 0.3) is 0 Å². The van der Waals surface area contributed by atoms with Gasteiger partial charge in [-0.05, 0) is 18.6 Å². The van der Waals surface area contributed by atoms with E-state index in [1.165, 1.54) is 0 Å². The molecule has 1 atom stereocenters. The highest BCUT2D eigenvalue weighted by Gasteiger charge is 2.00. The minimum Gasteiger partial charge on any atom is -0.370 e. The van der Waals surface area contributed by atoms with Crippen molar-refractivity contribution < 1.29 is 0 Å². The molecule has 0 fully saturated rings. The molecule has 4 nitrogen and oxygen atoms in total. The molecule has 1 heterocycles. The van der Waals surface area contributed by atoms with Crippen molar-refractivity contribution in [3.63, 3.8) is 0 Å². The van der Waals surface area contributed by atoms with E-state index in [2.05, 4.69) is 21.2 Å². The van der Waals surface area contributed by atoms with E-state index in [0.717, 1.165) is 6.42 Å². The third-order valence-corrected chi connectivity index (χ3v) is 1.80. The number of aromatic nitrogens is 1. The van der Waals surface area contributed by atoms with Crippen LogP contribution in [0.4, 0.5) is 5.82 Å². The van der Waals surface area contributed by atoms with E-state index >= 15 is 0 Å². The Labute approximate surface area is 89.6 Å². The van der Waals surface area contributed by atoms with Gasteiger partial charge in [-0.25, -0.2) is 9.98 Å². The summed E-state index contributed by atoms with van der Waals surface area (Å²) in [5.41, 5.74) is 5.66. The summed E-state index contributed by atoms with van der Waals surface area (Å²) in [5.74, 6) is 3.49. The van der Waals surface area contributed by atoms with Crippen molar-refractivity contribution in [1.29, 1.82) is 0 Å². The molecule has 4 heteroatoms. The molecule has 0 spiro atoms. The lowest BCUT2D eigenvalue weighted by molar-refractivity contribution is 0.806. The minimum atomic E-state index is -0.179. The number of nitrogens with zero attached hydrogens (tertiary/aromatic N) is 2. The largest absolute Gasteiger partial charge is 0.370 e. The third-order valence-electron chi connectivity index (χ3n) is 1.80. The van der Waals surface area contributed by atoms with Crippen LogP contribution in [0.25, 0.3) is 0 Å². The number of nitrogens with one attached hydrogen (secondary N) is 1. The summed E-state index contributed by atoms with van der Waals surface area (Å²) in [5, 5.41) is 2.86. The highest BCUT2D eigenvalue weighted by Crippen LogP contribution is 2.00. The minimum absolute atomic E-state index is 0.179. The van der Waals surface area contributed by atoms with Gasteiger partial charge in [0.2, 0.25) is 0 Å². The smallest absolute Gasteiger partial charge is 0.195 e. The van der Waals surface area contributed by atoms with Crippen molar-refractivity contribution in [2.24, 2.45) is 10.7 Å². The molecule has 0 aliphatic heterocycles. The normalized spacial score (nSPS) is 12.9. The maximum Gasteiger partial charge on any atom is 0.195 e. The second kappa shape index (κ2) is 5.66. The van der Waals surface area contributed by atoms with Crippen molar-refractivity contribution in [3.8, 4) is 12.3 Å². The zero-order chi connectivity index (χ0) is 11.1. The molecule has 0 saturated carbocycles. The van der Waals surface area contributed by atoms with E-state index in [4.69, 9.17) is 12.2 Å². The molecule has 0 bridgehead atoms. The molecule has 1 aromatic heterocycles. The van der Waals surface area contributed by atoms with Crippen LogP contribution in [0.2, 0.25) is 0 Å². The Morgan fingerprint density at radius 2 is 2.53 bits per heavy atom. The van der Waals surface area contributed by atoms with Crippen LogP contribution in [0.3, 0.4) is 0 Å². The van der Waals surface area contributed by atoms with Gasteiger partial charge in [-0.2, -0.15) is 0 Å². The molecule has 3 N–H and O–H groups in total. The lowest BCUT2D eigenvalue weighted by Crippen LogP contribution is -2.25. The topological polar surface area (TPSA) is 63.3 Å². The molecular formula is C11H14N4. The van der Waals surface area contributed by atoms with Crippen molar-refractivity contribution in [3.05, 3.63) is 24.4 Å². The van der Waals surface area contributed by atoms with Crippen LogP contribution in [0, 0.1) is 12.3 Å². The average molecular weight is 202 g/mol. The van der Waals surface area contributed by atoms with Gasteiger partial charge in [0.15, 0.2) is 5.96 Å². The van der Waals surface area contributed by atoms with E-state index < -0.39 is 0 Å². The number of aliphatic imine (C=N–C) groups is 1. The molecule has 0 amide bonds. The molecule has 0 aliphatic carbocycles. The molecule has 15 heavy (non-hydrogen) atoms. The quantitative estimate of drug-likeness (QED) is 0.440. The highest BCUT2D eigenvalue weighted by atomic mass is 15.1. The second-order valence-electron chi connectivity index (χ2n) is 2.95. The van der Waals surface area contributed by atoms with E-state index in [-0.39, 0.29) is 6.04 Å². The number of hydrogen-bond donors (Lipinski definition) is 2. The van der Waals surface area contributed by atoms with Gasteiger partial charge in [-0.1, -0.05) is 18.9 Å². The standard InChI is InChI=1S/C11H14N4/c1-3-9(4-2)14-11(12)15-10-7-5-6-8-13-10/h1,5-9H,4H2,2H3,(H3,12,13,14,15). The van der Waals surface area contributed by atoms with Gasteiger partial charge in [-0.15, -0.1) is 6.42 Å². The van der Waals surface area contributed by atoms with E-state index in [1.54, 1.807) is 12.3 Å². The number of terminal acetylenes is 1. The maximum atomic E-state index is 5.66. The molecule has 0 aromatic carbocycles. The van der Waals surface area contributed by atoms with Crippen LogP contribution < -0.4 is 11.1 Å². The number of guanidine groups is 1. The molecule has 1 unspecified atom stereocenters. The van der Waals surface area contributed by atoms with Gasteiger partial charge < -0.3 is 11.1 Å². The molecule has 78 valence electrons. The molecule has 0 saturated heterocycles. The van der Waals surface area contributed by atoms with Crippen molar-refractivity contribution in [2.45, 2.75) is 19.4 Å². The molecule has 0 radical (unpaired) electrons. The fourth-order valence-electron chi connectivity index (χ4n) is 1.01. The molecule has 0 aliphatic rings. The van der Waals surface area contributed by atoms with Crippen LogP contribution in [-0.2, 0) is 0 Å². The van der Waals surface area contributed by atoms with Gasteiger partial charge in [0, 0.05) is 6.20 Å². The predicted molar refractivity (Wildman–Crippen MR) is 62.4 cm³/mol. The summed E-state index contributed by atoms with van der Waals surface area (Å²) in [6.07, 6.45) is 7.71. The maximum absolute atomic E-state index is 5.66. The van der Waals surface area contributed by atoms with E-state index in [0.29, 0.717) is 11.8 Å². The molecule has 1 rings (SSSR count). The molecule has 1 aromatic rings. The van der Waals surface area contributed by atoms with Crippen LogP contribution in [0.1, 0.15) is 13.3 Å². The predicted octanol–water partition coefficient (Wildman–Crippen LogP) is 1.22. The number of anilines is 1. The number of nitrogens with two attached hydrogens (primary N) is 1. The van der Waals surface area contributed by atoms with Gasteiger partial charge >= 0.3 is 0 Å². The first-order chi connectivity index (χ1) is 7.26. The monoisotopic (exact) mass is 202 g/mol. The summed E-state index contributed by atoms with van der Waals surface area (Å²) in [7, 11) is 0. The van der Waals surface area contributed by atoms with Crippen molar-refractivity contribution in [2.75, 3.05) is 5.32 Å². The summed E-state index contributed by atoms with van der Waals surface area (Å²) < 4.78 is 0. The highest BCUT2D eigenvalue weighted by molar-refractivity contribution is 5.91. The number of rotatable bonds is 3. The zero-order valence-electron chi connectivity index (χ0n) is 8.64. The van der Waals surface area contributed by atoms with E-state index in [9.17, 15) is 0 Å². The third kappa shape index (κ3) is 3.69. The summed E-state index contributed by atoms with van der Waals surface area (Å²) >= 11 is 0. The van der Waals surface area contributed by atoms with Crippen LogP contribution in [0.15, 0.2) is 29.4 Å². The summed E-state index contributed by atoms with van der Waals surface area (Å²) in [6, 6.07) is 5.32. The first kappa shape index (κ1) is 11.1. The molecular weight excluding hydrogens is 188 g/mol. The fourth-order valence-corrected chi connectivity index (χ4v) is 1.01.